The molecule has 0 bridgehead atoms. The molecule has 2 aromatic heterocycles. The number of amides is 1. The predicted molar refractivity (Wildman–Crippen MR) is 71.7 cm³/mol. The largest absolute Gasteiger partial charge is 0.660 e. The van der Waals surface area contributed by atoms with Gasteiger partial charge in [0.05, 0.1) is 12.1 Å². The molecule has 9 heteroatoms. The van der Waals surface area contributed by atoms with Crippen LogP contribution < -0.4 is 10.00 Å². The van der Waals surface area contributed by atoms with Crippen LogP contribution in [0.25, 0.3) is 5.73 Å². The molecule has 0 aliphatic carbocycles. The van der Waals surface area contributed by atoms with E-state index < -0.39 is 0 Å². The van der Waals surface area contributed by atoms with E-state index in [4.69, 9.17) is 5.73 Å². The molecule has 19 heavy (non-hydrogen) atoms. The van der Waals surface area contributed by atoms with Gasteiger partial charge in [-0.1, -0.05) is 4.68 Å². The third-order valence-corrected chi connectivity index (χ3v) is 2.06. The predicted octanol–water partition coefficient (Wildman–Crippen LogP) is 1.31. The molecular weight excluding hydrogens is 293 g/mol. The zero-order valence-corrected chi connectivity index (χ0v) is 11.4. The fourth-order valence-electron chi connectivity index (χ4n) is 1.27. The van der Waals surface area contributed by atoms with Crippen molar-refractivity contribution >= 4 is 36.6 Å². The van der Waals surface area contributed by atoms with E-state index in [1.807, 2.05) is 0 Å². The highest BCUT2D eigenvalue weighted by Crippen LogP contribution is 2.00. The molecule has 0 aromatic carbocycles. The molecule has 0 unspecified atom stereocenters. The maximum absolute atomic E-state index is 11.6. The topological polar surface area (TPSA) is 95.7 Å². The zero-order chi connectivity index (χ0) is 12.1. The molecule has 2 N–H and O–H groups in total. The van der Waals surface area contributed by atoms with Crippen molar-refractivity contribution < 1.29 is 14.0 Å². The van der Waals surface area contributed by atoms with E-state index in [-0.39, 0.29) is 36.6 Å². The second-order valence-electron chi connectivity index (χ2n) is 3.33. The second-order valence-corrected chi connectivity index (χ2v) is 3.33. The molecule has 2 aromatic rings. The molecule has 0 spiro atoms. The van der Waals surface area contributed by atoms with Crippen molar-refractivity contribution in [1.29, 1.82) is 0 Å². The first kappa shape index (κ1) is 17.1. The molecule has 0 aliphatic heterocycles. The molecule has 1 amide bonds. The van der Waals surface area contributed by atoms with Crippen LogP contribution in [0.4, 0.5) is 5.88 Å². The summed E-state index contributed by atoms with van der Waals surface area (Å²) in [7, 11) is 0. The summed E-state index contributed by atoms with van der Waals surface area (Å²) in [5, 5.41) is 6.29. The van der Waals surface area contributed by atoms with E-state index in [1.165, 1.54) is 17.1 Å². The summed E-state index contributed by atoms with van der Waals surface area (Å²) in [5.74, 6) is -0.197. The highest BCUT2D eigenvalue weighted by atomic mass is 35.5. The molecule has 0 saturated heterocycles. The smallest absolute Gasteiger partial charge is 0.253 e. The number of hydrogen-bond donors (Lipinski definition) is 1. The molecule has 104 valence electrons. The van der Waals surface area contributed by atoms with Gasteiger partial charge in [0.2, 0.25) is 6.20 Å². The van der Waals surface area contributed by atoms with Crippen molar-refractivity contribution in [2.24, 2.45) is 0 Å². The number of nitrogens with one attached hydrogen (secondary N) is 2. The monoisotopic (exact) mass is 305 g/mol. The van der Waals surface area contributed by atoms with E-state index in [1.54, 1.807) is 18.3 Å². The van der Waals surface area contributed by atoms with Gasteiger partial charge < -0.3 is 15.6 Å². The van der Waals surface area contributed by atoms with Crippen LogP contribution in [-0.2, 0) is 6.54 Å². The average molecular weight is 306 g/mol. The third kappa shape index (κ3) is 5.11. The van der Waals surface area contributed by atoms with E-state index in [9.17, 15) is 4.79 Å². The van der Waals surface area contributed by atoms with Crippen LogP contribution in [0.2, 0.25) is 0 Å². The summed E-state index contributed by atoms with van der Waals surface area (Å²) in [4.78, 5) is 15.5. The third-order valence-electron chi connectivity index (χ3n) is 2.06. The molecule has 0 radical (unpaired) electrons. The molecular formula is C10H13Cl2N5O2. The number of nitrogens with zero attached hydrogens (tertiary/aromatic N) is 3. The normalized spacial score (nSPS) is 9.05. The Bertz CT molecular complexity index is 506. The maximum Gasteiger partial charge on any atom is 0.253 e. The Morgan fingerprint density at radius 3 is 2.84 bits per heavy atom. The second kappa shape index (κ2) is 8.28. The van der Waals surface area contributed by atoms with E-state index in [0.29, 0.717) is 18.7 Å². The number of carbonyl (C=O) groups is 1. The van der Waals surface area contributed by atoms with Crippen LogP contribution in [0.3, 0.4) is 0 Å². The van der Waals surface area contributed by atoms with Gasteiger partial charge in [0.25, 0.3) is 5.91 Å². The van der Waals surface area contributed by atoms with Crippen molar-refractivity contribution in [2.45, 2.75) is 6.54 Å². The van der Waals surface area contributed by atoms with Crippen LogP contribution in [-0.4, -0.2) is 22.7 Å². The maximum atomic E-state index is 11.6. The molecule has 2 rings (SSSR count). The standard InChI is InChI=1S/C10H11N5O2.2ClH/c11-9-7-15(14-17-9)5-4-13-10(16)8-2-1-3-12-6-8;;/h1-3,6-7H,4-5H2,(H2-,11,13,14,16);2*1H. The minimum Gasteiger partial charge on any atom is -0.660 e. The summed E-state index contributed by atoms with van der Waals surface area (Å²) < 4.78 is 6.01. The van der Waals surface area contributed by atoms with Gasteiger partial charge in [-0.05, 0) is 12.1 Å². The first-order chi connectivity index (χ1) is 8.25. The Labute approximate surface area is 122 Å². The fourth-order valence-corrected chi connectivity index (χ4v) is 1.27. The summed E-state index contributed by atoms with van der Waals surface area (Å²) >= 11 is 0. The van der Waals surface area contributed by atoms with Crippen LogP contribution >= 0.6 is 24.8 Å². The Hall–Kier alpha value is -1.86. The minimum absolute atomic E-state index is 0. The van der Waals surface area contributed by atoms with Crippen molar-refractivity contribution in [3.63, 3.8) is 0 Å². The SMILES string of the molecule is Cl.Cl.[NH-]c1c[n+](CCNC(=O)c2cccnc2)no1. The first-order valence-corrected chi connectivity index (χ1v) is 5.02. The van der Waals surface area contributed by atoms with Crippen molar-refractivity contribution in [1.82, 2.24) is 15.6 Å². The Morgan fingerprint density at radius 2 is 2.26 bits per heavy atom. The number of hydrogen-bond acceptors (Lipinski definition) is 4. The van der Waals surface area contributed by atoms with Crippen molar-refractivity contribution in [3.8, 4) is 0 Å². The molecule has 0 aliphatic rings. The van der Waals surface area contributed by atoms with Crippen LogP contribution in [0.5, 0.6) is 0 Å². The highest BCUT2D eigenvalue weighted by Gasteiger charge is 2.08. The average Bonchev–Trinajstić information content (AvgIpc) is 2.76. The molecule has 0 atom stereocenters. The summed E-state index contributed by atoms with van der Waals surface area (Å²) in [6, 6.07) is 3.39. The molecule has 0 fully saturated rings. The van der Waals surface area contributed by atoms with Crippen LogP contribution in [0.1, 0.15) is 10.4 Å². The Morgan fingerprint density at radius 1 is 1.47 bits per heavy atom. The Balaban J connectivity index is 0.00000162. The van der Waals surface area contributed by atoms with E-state index in [2.05, 4.69) is 20.1 Å². The van der Waals surface area contributed by atoms with Gasteiger partial charge >= 0.3 is 0 Å². The van der Waals surface area contributed by atoms with Crippen molar-refractivity contribution in [3.05, 3.63) is 42.0 Å². The lowest BCUT2D eigenvalue weighted by Crippen LogP contribution is -2.41. The first-order valence-electron chi connectivity index (χ1n) is 5.02. The van der Waals surface area contributed by atoms with Gasteiger partial charge in [-0.3, -0.25) is 9.78 Å². The zero-order valence-electron chi connectivity index (χ0n) is 9.78. The fraction of sp³-hybridized carbons (Fsp3) is 0.200. The van der Waals surface area contributed by atoms with Gasteiger partial charge in [-0.2, -0.15) is 0 Å². The number of rotatable bonds is 4. The number of halogens is 2. The van der Waals surface area contributed by atoms with E-state index in [0.717, 1.165) is 0 Å². The quantitative estimate of drug-likeness (QED) is 0.861. The van der Waals surface area contributed by atoms with Gasteiger partial charge in [0.15, 0.2) is 11.8 Å². The van der Waals surface area contributed by atoms with Crippen molar-refractivity contribution in [2.75, 3.05) is 6.54 Å². The summed E-state index contributed by atoms with van der Waals surface area (Å²) in [6.45, 7) is 0.860. The van der Waals surface area contributed by atoms with Gasteiger partial charge in [0, 0.05) is 12.4 Å². The van der Waals surface area contributed by atoms with Gasteiger partial charge in [-0.15, -0.1) is 24.8 Å². The summed E-state index contributed by atoms with van der Waals surface area (Å²) in [6.07, 6.45) is 4.55. The van der Waals surface area contributed by atoms with Gasteiger partial charge in [-0.25, -0.2) is 0 Å². The number of carbonyl (C=O) groups excluding carboxylic acids is 1. The van der Waals surface area contributed by atoms with Gasteiger partial charge in [0.1, 0.15) is 5.88 Å². The summed E-state index contributed by atoms with van der Waals surface area (Å²) in [5.41, 5.74) is 7.64. The highest BCUT2D eigenvalue weighted by molar-refractivity contribution is 5.93. The van der Waals surface area contributed by atoms with Crippen LogP contribution in [0.15, 0.2) is 35.2 Å². The lowest BCUT2D eigenvalue weighted by atomic mass is 10.3. The number of pyridine rings is 1. The lowest BCUT2D eigenvalue weighted by molar-refractivity contribution is -0.760. The van der Waals surface area contributed by atoms with E-state index >= 15 is 0 Å². The lowest BCUT2D eigenvalue weighted by Gasteiger charge is -2.00. The molecule has 2 heterocycles. The van der Waals surface area contributed by atoms with Crippen LogP contribution in [0, 0.1) is 0 Å². The Kier molecular flexibility index (Phi) is 7.47. The molecule has 7 nitrogen and oxygen atoms in total. The molecule has 0 saturated carbocycles. The minimum atomic E-state index is -0.187. The number of aromatic nitrogens is 3.